The molecule has 0 aromatic carbocycles. The molecule has 0 aliphatic heterocycles. The fourth-order valence-corrected chi connectivity index (χ4v) is 5.26. The van der Waals surface area contributed by atoms with Crippen molar-refractivity contribution in [1.29, 1.82) is 0 Å². The van der Waals surface area contributed by atoms with E-state index in [1.54, 1.807) is 0 Å². The first-order valence-corrected chi connectivity index (χ1v) is 7.73. The van der Waals surface area contributed by atoms with Gasteiger partial charge in [0.1, 0.15) is 6.54 Å². The van der Waals surface area contributed by atoms with Crippen LogP contribution in [0.15, 0.2) is 0 Å². The molecule has 2 amide bonds. The van der Waals surface area contributed by atoms with E-state index in [0.717, 1.165) is 17.8 Å². The van der Waals surface area contributed by atoms with Crippen LogP contribution >= 0.6 is 0 Å². The van der Waals surface area contributed by atoms with Gasteiger partial charge in [0.15, 0.2) is 0 Å². The Morgan fingerprint density at radius 2 is 1.65 bits per heavy atom. The normalized spacial score (nSPS) is 39.4. The molecule has 4 saturated carbocycles. The average molecular weight is 280 g/mol. The van der Waals surface area contributed by atoms with Crippen molar-refractivity contribution in [3.8, 4) is 0 Å². The maximum atomic E-state index is 11.8. The average Bonchev–Trinajstić information content (AvgIpc) is 2.34. The summed E-state index contributed by atoms with van der Waals surface area (Å²) in [5.41, 5.74) is 0.259. The van der Waals surface area contributed by atoms with Gasteiger partial charge in [-0.05, 0) is 68.6 Å². The molecule has 0 heterocycles. The van der Waals surface area contributed by atoms with Gasteiger partial charge < -0.3 is 15.7 Å². The molecule has 4 rings (SSSR count). The van der Waals surface area contributed by atoms with Crippen molar-refractivity contribution in [2.75, 3.05) is 6.54 Å². The molecule has 5 heteroatoms. The summed E-state index contributed by atoms with van der Waals surface area (Å²) < 4.78 is 0. The summed E-state index contributed by atoms with van der Waals surface area (Å²) >= 11 is 0. The van der Waals surface area contributed by atoms with Crippen molar-refractivity contribution >= 4 is 12.0 Å². The number of aliphatic carboxylic acids is 1. The molecule has 3 N–H and O–H groups in total. The van der Waals surface area contributed by atoms with E-state index < -0.39 is 5.97 Å². The zero-order chi connectivity index (χ0) is 14.3. The molecular weight excluding hydrogens is 256 g/mol. The van der Waals surface area contributed by atoms with Gasteiger partial charge in [0, 0.05) is 6.04 Å². The molecule has 5 nitrogen and oxygen atoms in total. The lowest BCUT2D eigenvalue weighted by Crippen LogP contribution is -2.57. The van der Waals surface area contributed by atoms with Crippen LogP contribution < -0.4 is 10.6 Å². The zero-order valence-corrected chi connectivity index (χ0v) is 12.0. The van der Waals surface area contributed by atoms with Crippen LogP contribution in [0.1, 0.15) is 45.4 Å². The Kier molecular flexibility index (Phi) is 3.38. The van der Waals surface area contributed by atoms with Crippen LogP contribution in [-0.2, 0) is 4.79 Å². The molecule has 4 bridgehead atoms. The second-order valence-electron chi connectivity index (χ2n) is 7.22. The summed E-state index contributed by atoms with van der Waals surface area (Å²) in [5.74, 6) is 1.55. The number of carboxylic acids is 1. The molecule has 112 valence electrons. The van der Waals surface area contributed by atoms with Crippen molar-refractivity contribution in [2.45, 2.75) is 51.5 Å². The number of carbonyl (C=O) groups excluding carboxylic acids is 1. The quantitative estimate of drug-likeness (QED) is 0.736. The van der Waals surface area contributed by atoms with E-state index in [4.69, 9.17) is 5.11 Å². The van der Waals surface area contributed by atoms with Gasteiger partial charge in [-0.3, -0.25) is 4.79 Å². The molecule has 1 unspecified atom stereocenters. The summed E-state index contributed by atoms with van der Waals surface area (Å²) in [5, 5.41) is 14.0. The number of urea groups is 1. The number of hydrogen-bond donors (Lipinski definition) is 3. The third-order valence-electron chi connectivity index (χ3n) is 5.75. The molecule has 0 aromatic rings. The number of carboxylic acid groups (broad SMARTS) is 1. The molecule has 0 radical (unpaired) electrons. The second kappa shape index (κ2) is 4.93. The highest BCUT2D eigenvalue weighted by molar-refractivity contribution is 5.80. The molecule has 4 aliphatic rings. The van der Waals surface area contributed by atoms with Gasteiger partial charge in [0.25, 0.3) is 0 Å². The highest BCUT2D eigenvalue weighted by Crippen LogP contribution is 2.61. The summed E-state index contributed by atoms with van der Waals surface area (Å²) in [6.45, 7) is 1.77. The third kappa shape index (κ3) is 2.50. The van der Waals surface area contributed by atoms with Crippen molar-refractivity contribution in [3.63, 3.8) is 0 Å². The van der Waals surface area contributed by atoms with E-state index in [-0.39, 0.29) is 24.0 Å². The summed E-state index contributed by atoms with van der Waals surface area (Å²) in [7, 11) is 0. The molecule has 20 heavy (non-hydrogen) atoms. The van der Waals surface area contributed by atoms with Gasteiger partial charge in [-0.15, -0.1) is 0 Å². The Morgan fingerprint density at radius 3 is 2.10 bits per heavy atom. The first-order valence-electron chi connectivity index (χ1n) is 7.73. The Hall–Kier alpha value is -1.26. The van der Waals surface area contributed by atoms with E-state index in [0.29, 0.717) is 0 Å². The summed E-state index contributed by atoms with van der Waals surface area (Å²) in [6, 6.07) is -0.222. The summed E-state index contributed by atoms with van der Waals surface area (Å²) in [6.07, 6.45) is 7.86. The Balaban J connectivity index is 1.60. The lowest BCUT2D eigenvalue weighted by molar-refractivity contribution is -0.135. The minimum atomic E-state index is -1.01. The largest absolute Gasteiger partial charge is 0.480 e. The molecule has 4 fully saturated rings. The van der Waals surface area contributed by atoms with Crippen LogP contribution in [0.2, 0.25) is 0 Å². The molecule has 0 spiro atoms. The maximum absolute atomic E-state index is 11.8. The summed E-state index contributed by atoms with van der Waals surface area (Å²) in [4.78, 5) is 22.2. The molecule has 4 aliphatic carbocycles. The van der Waals surface area contributed by atoms with Gasteiger partial charge >= 0.3 is 12.0 Å². The van der Waals surface area contributed by atoms with Crippen LogP contribution in [-0.4, -0.2) is 29.7 Å². The lowest BCUT2D eigenvalue weighted by Gasteiger charge is -2.59. The maximum Gasteiger partial charge on any atom is 0.323 e. The highest BCUT2D eigenvalue weighted by Gasteiger charge is 2.53. The minimum absolute atomic E-state index is 0.129. The van der Waals surface area contributed by atoms with Crippen molar-refractivity contribution in [2.24, 2.45) is 23.2 Å². The molecule has 0 saturated heterocycles. The fourth-order valence-electron chi connectivity index (χ4n) is 5.26. The first-order chi connectivity index (χ1) is 9.47. The Bertz CT molecular complexity index is 386. The Morgan fingerprint density at radius 1 is 1.15 bits per heavy atom. The number of hydrogen-bond acceptors (Lipinski definition) is 2. The third-order valence-corrected chi connectivity index (χ3v) is 5.75. The number of nitrogens with one attached hydrogen (secondary N) is 2. The van der Waals surface area contributed by atoms with Crippen molar-refractivity contribution in [3.05, 3.63) is 0 Å². The first kappa shape index (κ1) is 13.7. The van der Waals surface area contributed by atoms with Crippen LogP contribution in [0.5, 0.6) is 0 Å². The smallest absolute Gasteiger partial charge is 0.323 e. The van der Waals surface area contributed by atoms with E-state index in [2.05, 4.69) is 17.6 Å². The van der Waals surface area contributed by atoms with Crippen LogP contribution in [0.4, 0.5) is 4.79 Å². The standard InChI is InChI=1S/C15H24N2O3/c1-9(17-14(20)16-8-13(18)19)15-5-10-2-11(6-15)4-12(3-10)7-15/h9-12H,2-8H2,1H3,(H,18,19)(H2,16,17,20). The molecule has 0 aromatic heterocycles. The van der Waals surface area contributed by atoms with Gasteiger partial charge in [-0.1, -0.05) is 0 Å². The van der Waals surface area contributed by atoms with Crippen molar-refractivity contribution < 1.29 is 14.7 Å². The fraction of sp³-hybridized carbons (Fsp3) is 0.867. The molecule has 1 atom stereocenters. The van der Waals surface area contributed by atoms with Gasteiger partial charge in [-0.25, -0.2) is 4.79 Å². The van der Waals surface area contributed by atoms with Gasteiger partial charge in [-0.2, -0.15) is 0 Å². The van der Waals surface area contributed by atoms with E-state index in [9.17, 15) is 9.59 Å². The highest BCUT2D eigenvalue weighted by atomic mass is 16.4. The molecular formula is C15H24N2O3. The van der Waals surface area contributed by atoms with Gasteiger partial charge in [0.05, 0.1) is 0 Å². The predicted molar refractivity (Wildman–Crippen MR) is 74.2 cm³/mol. The van der Waals surface area contributed by atoms with E-state index >= 15 is 0 Å². The number of amides is 2. The zero-order valence-electron chi connectivity index (χ0n) is 12.0. The second-order valence-corrected chi connectivity index (χ2v) is 7.22. The predicted octanol–water partition coefficient (Wildman–Crippen LogP) is 1.98. The van der Waals surface area contributed by atoms with E-state index in [1.807, 2.05) is 0 Å². The van der Waals surface area contributed by atoms with Crippen molar-refractivity contribution in [1.82, 2.24) is 10.6 Å². The van der Waals surface area contributed by atoms with Crippen LogP contribution in [0.25, 0.3) is 0 Å². The van der Waals surface area contributed by atoms with Crippen LogP contribution in [0, 0.1) is 23.2 Å². The van der Waals surface area contributed by atoms with Crippen LogP contribution in [0.3, 0.4) is 0 Å². The number of rotatable bonds is 4. The van der Waals surface area contributed by atoms with Gasteiger partial charge in [0.2, 0.25) is 0 Å². The monoisotopic (exact) mass is 280 g/mol. The van der Waals surface area contributed by atoms with E-state index in [1.165, 1.54) is 38.5 Å². The Labute approximate surface area is 119 Å². The lowest BCUT2D eigenvalue weighted by atomic mass is 9.48. The SMILES string of the molecule is CC(NC(=O)NCC(=O)O)C12CC3CC(CC(C3)C1)C2. The minimum Gasteiger partial charge on any atom is -0.480 e. The topological polar surface area (TPSA) is 78.4 Å². The number of carbonyl (C=O) groups is 2.